The number of alkyl carbamates (subject to hydrolysis) is 1. The van der Waals surface area contributed by atoms with Crippen molar-refractivity contribution < 1.29 is 19.1 Å². The smallest absolute Gasteiger partial charge is 0.412 e. The topological polar surface area (TPSA) is 64.6 Å². The lowest BCUT2D eigenvalue weighted by Crippen LogP contribution is -2.34. The standard InChI is InChI=1S/C17H23NO4/c1-17(2,3)22-16(20)18-14(15(19)21-4)12-8-11-13-9-6-5-7-10-13/h5-7,9-10,12H,8,11H2,1-4H3,(H,18,20)/b14-12+. The predicted molar refractivity (Wildman–Crippen MR) is 84.2 cm³/mol. The first kappa shape index (κ1) is 17.8. The number of hydrogen-bond acceptors (Lipinski definition) is 4. The van der Waals surface area contributed by atoms with Crippen molar-refractivity contribution in [2.75, 3.05) is 7.11 Å². The van der Waals surface area contributed by atoms with E-state index < -0.39 is 17.7 Å². The summed E-state index contributed by atoms with van der Waals surface area (Å²) in [4.78, 5) is 23.4. The maximum Gasteiger partial charge on any atom is 0.412 e. The van der Waals surface area contributed by atoms with Gasteiger partial charge >= 0.3 is 12.1 Å². The summed E-state index contributed by atoms with van der Waals surface area (Å²) in [5.41, 5.74) is 0.614. The molecule has 0 unspecified atom stereocenters. The molecule has 0 aliphatic rings. The average Bonchev–Trinajstić information content (AvgIpc) is 2.44. The number of rotatable bonds is 5. The molecule has 0 fully saturated rings. The van der Waals surface area contributed by atoms with Gasteiger partial charge in [-0.1, -0.05) is 36.4 Å². The van der Waals surface area contributed by atoms with E-state index in [-0.39, 0.29) is 5.70 Å². The van der Waals surface area contributed by atoms with Crippen LogP contribution in [-0.4, -0.2) is 24.8 Å². The van der Waals surface area contributed by atoms with Crippen molar-refractivity contribution in [2.24, 2.45) is 0 Å². The van der Waals surface area contributed by atoms with E-state index in [4.69, 9.17) is 4.74 Å². The number of ether oxygens (including phenoxy) is 2. The van der Waals surface area contributed by atoms with Gasteiger partial charge < -0.3 is 9.47 Å². The Bertz CT molecular complexity index is 529. The minimum absolute atomic E-state index is 0.0904. The Morgan fingerprint density at radius 2 is 1.82 bits per heavy atom. The summed E-state index contributed by atoms with van der Waals surface area (Å²) >= 11 is 0. The SMILES string of the molecule is COC(=O)/C(=C\CCc1ccccc1)NC(=O)OC(C)(C)C. The highest BCUT2D eigenvalue weighted by Gasteiger charge is 2.19. The normalized spacial score (nSPS) is 11.7. The van der Waals surface area contributed by atoms with Crippen LogP contribution in [0.15, 0.2) is 42.1 Å². The van der Waals surface area contributed by atoms with E-state index in [2.05, 4.69) is 10.1 Å². The van der Waals surface area contributed by atoms with Crippen molar-refractivity contribution >= 4 is 12.1 Å². The molecule has 1 aromatic carbocycles. The van der Waals surface area contributed by atoms with Gasteiger partial charge in [-0.15, -0.1) is 0 Å². The van der Waals surface area contributed by atoms with E-state index in [0.29, 0.717) is 6.42 Å². The summed E-state index contributed by atoms with van der Waals surface area (Å²) in [6.45, 7) is 5.26. The maximum atomic E-state index is 11.7. The van der Waals surface area contributed by atoms with E-state index in [1.54, 1.807) is 26.8 Å². The molecule has 1 amide bonds. The van der Waals surface area contributed by atoms with Gasteiger partial charge in [-0.2, -0.15) is 0 Å². The van der Waals surface area contributed by atoms with Crippen LogP contribution in [0, 0.1) is 0 Å². The molecule has 0 saturated carbocycles. The zero-order valence-corrected chi connectivity index (χ0v) is 13.5. The van der Waals surface area contributed by atoms with Gasteiger partial charge in [0, 0.05) is 0 Å². The minimum atomic E-state index is -0.677. The van der Waals surface area contributed by atoms with Crippen LogP contribution in [0.1, 0.15) is 32.8 Å². The Kier molecular flexibility index (Phi) is 6.63. The number of amides is 1. The lowest BCUT2D eigenvalue weighted by atomic mass is 10.1. The van der Waals surface area contributed by atoms with Gasteiger partial charge in [0.2, 0.25) is 0 Å². The molecule has 0 atom stereocenters. The molecule has 0 aliphatic carbocycles. The summed E-state index contributed by atoms with van der Waals surface area (Å²) in [6, 6.07) is 9.88. The molecule has 0 aromatic heterocycles. The molecule has 0 bridgehead atoms. The van der Waals surface area contributed by atoms with Crippen molar-refractivity contribution in [2.45, 2.75) is 39.2 Å². The van der Waals surface area contributed by atoms with Crippen LogP contribution >= 0.6 is 0 Å². The lowest BCUT2D eigenvalue weighted by Gasteiger charge is -2.20. The second kappa shape index (κ2) is 8.22. The first-order chi connectivity index (χ1) is 10.3. The molecule has 0 radical (unpaired) electrons. The van der Waals surface area contributed by atoms with E-state index in [1.165, 1.54) is 7.11 Å². The number of nitrogens with one attached hydrogen (secondary N) is 1. The first-order valence-electron chi connectivity index (χ1n) is 7.14. The Balaban J connectivity index is 2.65. The summed E-state index contributed by atoms with van der Waals surface area (Å²) in [5, 5.41) is 2.44. The fraction of sp³-hybridized carbons (Fsp3) is 0.412. The van der Waals surface area contributed by atoms with Crippen LogP contribution in [0.25, 0.3) is 0 Å². The van der Waals surface area contributed by atoms with Crippen LogP contribution in [0.2, 0.25) is 0 Å². The van der Waals surface area contributed by atoms with Gasteiger partial charge in [0.05, 0.1) is 7.11 Å². The third-order valence-electron chi connectivity index (χ3n) is 2.67. The minimum Gasteiger partial charge on any atom is -0.464 e. The molecule has 5 nitrogen and oxygen atoms in total. The molecule has 1 aromatic rings. The van der Waals surface area contributed by atoms with Crippen molar-refractivity contribution in [1.82, 2.24) is 5.32 Å². The molecule has 0 heterocycles. The number of aryl methyl sites for hydroxylation is 1. The lowest BCUT2D eigenvalue weighted by molar-refractivity contribution is -0.136. The Labute approximate surface area is 131 Å². The van der Waals surface area contributed by atoms with Gasteiger partial charge in [0.15, 0.2) is 0 Å². The number of esters is 1. The van der Waals surface area contributed by atoms with Crippen LogP contribution < -0.4 is 5.32 Å². The fourth-order valence-corrected chi connectivity index (χ4v) is 1.74. The van der Waals surface area contributed by atoms with Gasteiger partial charge in [-0.25, -0.2) is 9.59 Å². The van der Waals surface area contributed by atoms with Crippen LogP contribution in [0.3, 0.4) is 0 Å². The molecule has 120 valence electrons. The van der Waals surface area contributed by atoms with Gasteiger partial charge in [-0.3, -0.25) is 5.32 Å². The number of hydrogen-bond donors (Lipinski definition) is 1. The number of carbonyl (C=O) groups excluding carboxylic acids is 2. The molecule has 5 heteroatoms. The average molecular weight is 305 g/mol. The fourth-order valence-electron chi connectivity index (χ4n) is 1.74. The first-order valence-corrected chi connectivity index (χ1v) is 7.14. The quantitative estimate of drug-likeness (QED) is 0.670. The summed E-state index contributed by atoms with van der Waals surface area (Å²) in [5.74, 6) is -0.598. The zero-order valence-electron chi connectivity index (χ0n) is 13.5. The molecule has 0 saturated heterocycles. The highest BCUT2D eigenvalue weighted by molar-refractivity contribution is 5.92. The summed E-state index contributed by atoms with van der Waals surface area (Å²) < 4.78 is 9.80. The van der Waals surface area contributed by atoms with E-state index >= 15 is 0 Å². The van der Waals surface area contributed by atoms with Crippen molar-refractivity contribution in [3.05, 3.63) is 47.7 Å². The van der Waals surface area contributed by atoms with Crippen LogP contribution in [-0.2, 0) is 20.7 Å². The van der Waals surface area contributed by atoms with Gasteiger partial charge in [0.25, 0.3) is 0 Å². The highest BCUT2D eigenvalue weighted by atomic mass is 16.6. The van der Waals surface area contributed by atoms with E-state index in [0.717, 1.165) is 12.0 Å². The molecule has 22 heavy (non-hydrogen) atoms. The summed E-state index contributed by atoms with van der Waals surface area (Å²) in [6.07, 6.45) is 2.33. The van der Waals surface area contributed by atoms with Crippen molar-refractivity contribution in [3.8, 4) is 0 Å². The molecular formula is C17H23NO4. The van der Waals surface area contributed by atoms with Crippen molar-refractivity contribution in [3.63, 3.8) is 0 Å². The monoisotopic (exact) mass is 305 g/mol. The van der Waals surface area contributed by atoms with Gasteiger partial charge in [0.1, 0.15) is 11.3 Å². The third-order valence-corrected chi connectivity index (χ3v) is 2.67. The Hall–Kier alpha value is -2.30. The molecule has 1 N–H and O–H groups in total. The molecule has 0 aliphatic heterocycles. The zero-order chi connectivity index (χ0) is 16.6. The molecule has 0 spiro atoms. The van der Waals surface area contributed by atoms with Crippen LogP contribution in [0.4, 0.5) is 4.79 Å². The Morgan fingerprint density at radius 3 is 2.36 bits per heavy atom. The number of methoxy groups -OCH3 is 1. The summed E-state index contributed by atoms with van der Waals surface area (Å²) in [7, 11) is 1.27. The maximum absolute atomic E-state index is 11.7. The predicted octanol–water partition coefficient (Wildman–Crippen LogP) is 3.20. The number of allylic oxidation sites excluding steroid dienone is 1. The number of benzene rings is 1. The van der Waals surface area contributed by atoms with Crippen LogP contribution in [0.5, 0.6) is 0 Å². The molecule has 1 rings (SSSR count). The Morgan fingerprint density at radius 1 is 1.18 bits per heavy atom. The van der Waals surface area contributed by atoms with E-state index in [9.17, 15) is 9.59 Å². The third kappa shape index (κ3) is 6.92. The van der Waals surface area contributed by atoms with Gasteiger partial charge in [-0.05, 0) is 39.2 Å². The number of carbonyl (C=O) groups is 2. The second-order valence-corrected chi connectivity index (χ2v) is 5.76. The highest BCUT2D eigenvalue weighted by Crippen LogP contribution is 2.09. The molecular weight excluding hydrogens is 282 g/mol. The largest absolute Gasteiger partial charge is 0.464 e. The second-order valence-electron chi connectivity index (χ2n) is 5.76. The van der Waals surface area contributed by atoms with Crippen molar-refractivity contribution in [1.29, 1.82) is 0 Å². The van der Waals surface area contributed by atoms with E-state index in [1.807, 2.05) is 30.3 Å².